The summed E-state index contributed by atoms with van der Waals surface area (Å²) in [6.07, 6.45) is 6.83. The van der Waals surface area contributed by atoms with E-state index in [1.54, 1.807) is 14.2 Å². The molecule has 2 heteroatoms. The van der Waals surface area contributed by atoms with Gasteiger partial charge in [0.15, 0.2) is 11.5 Å². The van der Waals surface area contributed by atoms with Gasteiger partial charge in [0, 0.05) is 0 Å². The van der Waals surface area contributed by atoms with Crippen LogP contribution in [0.15, 0.2) is 23.7 Å². The zero-order valence-electron chi connectivity index (χ0n) is 13.5. The van der Waals surface area contributed by atoms with Crippen LogP contribution in [0, 0.1) is 11.8 Å². The third kappa shape index (κ3) is 6.73. The van der Waals surface area contributed by atoms with Crippen molar-refractivity contribution in [3.63, 3.8) is 0 Å². The number of rotatable bonds is 2. The summed E-state index contributed by atoms with van der Waals surface area (Å²) >= 11 is 0. The number of allylic oxidation sites excluding steroid dienone is 2. The van der Waals surface area contributed by atoms with E-state index in [2.05, 4.69) is 26.0 Å². The summed E-state index contributed by atoms with van der Waals surface area (Å²) in [4.78, 5) is 0. The standard InChI is InChI=1S/C9H12O2.C3H8.2C2H6/c1-10-8-4-6-3-7(6)5-9(8)11-2;1-3-2;2*1-2/h4-7H,3H2,1-2H3;3H2,1-2H3;2*1-2H3. The maximum absolute atomic E-state index is 5.16. The van der Waals surface area contributed by atoms with Gasteiger partial charge in [-0.2, -0.15) is 0 Å². The van der Waals surface area contributed by atoms with E-state index in [1.165, 1.54) is 12.8 Å². The Bertz CT molecular complexity index is 217. The van der Waals surface area contributed by atoms with Crippen molar-refractivity contribution in [3.8, 4) is 0 Å². The van der Waals surface area contributed by atoms with E-state index in [9.17, 15) is 0 Å². The van der Waals surface area contributed by atoms with Crippen LogP contribution < -0.4 is 0 Å². The minimum absolute atomic E-state index is 0.726. The van der Waals surface area contributed by atoms with Gasteiger partial charge in [0.05, 0.1) is 14.2 Å². The van der Waals surface area contributed by atoms with Gasteiger partial charge < -0.3 is 9.47 Å². The Labute approximate surface area is 114 Å². The Morgan fingerprint density at radius 2 is 1.17 bits per heavy atom. The second-order valence-corrected chi connectivity index (χ2v) is 3.74. The van der Waals surface area contributed by atoms with Crippen molar-refractivity contribution in [3.05, 3.63) is 23.7 Å². The molecule has 0 radical (unpaired) electrons. The van der Waals surface area contributed by atoms with Gasteiger partial charge in [0.2, 0.25) is 0 Å². The van der Waals surface area contributed by atoms with Crippen molar-refractivity contribution >= 4 is 0 Å². The molecule has 2 nitrogen and oxygen atoms in total. The predicted octanol–water partition coefficient (Wildman–Crippen LogP) is 5.17. The van der Waals surface area contributed by atoms with Crippen LogP contribution in [0.25, 0.3) is 0 Å². The van der Waals surface area contributed by atoms with Crippen LogP contribution in [0.3, 0.4) is 0 Å². The number of hydrogen-bond acceptors (Lipinski definition) is 2. The maximum Gasteiger partial charge on any atom is 0.156 e. The van der Waals surface area contributed by atoms with E-state index < -0.39 is 0 Å². The molecule has 0 aliphatic heterocycles. The first-order valence-electron chi connectivity index (χ1n) is 7.28. The number of hydrogen-bond donors (Lipinski definition) is 0. The summed E-state index contributed by atoms with van der Waals surface area (Å²) in [6, 6.07) is 0. The molecule has 0 amide bonds. The fraction of sp³-hybridized carbons (Fsp3) is 0.750. The Morgan fingerprint density at radius 1 is 0.889 bits per heavy atom. The van der Waals surface area contributed by atoms with Crippen molar-refractivity contribution < 1.29 is 9.47 Å². The van der Waals surface area contributed by atoms with E-state index in [0.29, 0.717) is 0 Å². The minimum Gasteiger partial charge on any atom is -0.493 e. The zero-order valence-corrected chi connectivity index (χ0v) is 13.5. The van der Waals surface area contributed by atoms with Crippen LogP contribution in [0.2, 0.25) is 0 Å². The fourth-order valence-electron chi connectivity index (χ4n) is 1.51. The number of fused-ring (bicyclic) bond motifs is 1. The lowest BCUT2D eigenvalue weighted by Crippen LogP contribution is -2.00. The Morgan fingerprint density at radius 3 is 1.39 bits per heavy atom. The summed E-state index contributed by atoms with van der Waals surface area (Å²) in [7, 11) is 3.36. The van der Waals surface area contributed by atoms with Crippen molar-refractivity contribution in [1.29, 1.82) is 0 Å². The third-order valence-electron chi connectivity index (χ3n) is 2.30. The van der Waals surface area contributed by atoms with Crippen LogP contribution in [0.4, 0.5) is 0 Å². The number of ether oxygens (including phenoxy) is 2. The van der Waals surface area contributed by atoms with Crippen LogP contribution in [0.5, 0.6) is 0 Å². The molecule has 1 saturated carbocycles. The van der Waals surface area contributed by atoms with Crippen molar-refractivity contribution in [2.75, 3.05) is 14.2 Å². The largest absolute Gasteiger partial charge is 0.493 e. The van der Waals surface area contributed by atoms with Crippen LogP contribution in [-0.4, -0.2) is 14.2 Å². The molecule has 108 valence electrons. The molecular formula is C16H32O2. The monoisotopic (exact) mass is 256 g/mol. The predicted molar refractivity (Wildman–Crippen MR) is 80.4 cm³/mol. The summed E-state index contributed by atoms with van der Waals surface area (Å²) in [5.74, 6) is 3.24. The summed E-state index contributed by atoms with van der Waals surface area (Å²) in [5, 5.41) is 0. The fourth-order valence-corrected chi connectivity index (χ4v) is 1.51. The topological polar surface area (TPSA) is 18.5 Å². The van der Waals surface area contributed by atoms with Crippen LogP contribution in [-0.2, 0) is 9.47 Å². The van der Waals surface area contributed by atoms with Gasteiger partial charge in [-0.3, -0.25) is 0 Å². The Balaban J connectivity index is 0. The smallest absolute Gasteiger partial charge is 0.156 e. The molecular weight excluding hydrogens is 224 g/mol. The van der Waals surface area contributed by atoms with Gasteiger partial charge in [0.1, 0.15) is 0 Å². The van der Waals surface area contributed by atoms with E-state index in [-0.39, 0.29) is 0 Å². The van der Waals surface area contributed by atoms with E-state index in [1.807, 2.05) is 27.7 Å². The molecule has 0 spiro atoms. The number of methoxy groups -OCH3 is 2. The van der Waals surface area contributed by atoms with Gasteiger partial charge in [0.25, 0.3) is 0 Å². The average Bonchev–Trinajstić information content (AvgIpc) is 3.20. The van der Waals surface area contributed by atoms with Gasteiger partial charge in [-0.1, -0.05) is 48.0 Å². The van der Waals surface area contributed by atoms with Gasteiger partial charge >= 0.3 is 0 Å². The van der Waals surface area contributed by atoms with E-state index in [4.69, 9.17) is 9.47 Å². The maximum atomic E-state index is 5.16. The molecule has 0 N–H and O–H groups in total. The second kappa shape index (κ2) is 12.5. The minimum atomic E-state index is 0.726. The molecule has 1 fully saturated rings. The first-order valence-corrected chi connectivity index (χ1v) is 7.28. The molecule has 0 heterocycles. The van der Waals surface area contributed by atoms with Crippen LogP contribution >= 0.6 is 0 Å². The average molecular weight is 256 g/mol. The molecule has 2 rings (SSSR count). The lowest BCUT2D eigenvalue weighted by Gasteiger charge is -2.12. The molecule has 18 heavy (non-hydrogen) atoms. The Kier molecular flexibility index (Phi) is 13.5. The highest BCUT2D eigenvalue weighted by Crippen LogP contribution is 2.46. The summed E-state index contributed by atoms with van der Waals surface area (Å²) < 4.78 is 10.3. The lowest BCUT2D eigenvalue weighted by molar-refractivity contribution is 0.215. The second-order valence-electron chi connectivity index (χ2n) is 3.74. The van der Waals surface area contributed by atoms with Crippen LogP contribution in [0.1, 0.15) is 54.4 Å². The highest BCUT2D eigenvalue weighted by atomic mass is 16.5. The highest BCUT2D eigenvalue weighted by Gasteiger charge is 2.38. The van der Waals surface area contributed by atoms with E-state index in [0.717, 1.165) is 23.4 Å². The quantitative estimate of drug-likeness (QED) is 0.679. The molecule has 0 saturated heterocycles. The van der Waals surface area contributed by atoms with Crippen molar-refractivity contribution in [2.45, 2.75) is 54.4 Å². The molecule has 2 unspecified atom stereocenters. The molecule has 2 aliphatic rings. The molecule has 2 aliphatic carbocycles. The highest BCUT2D eigenvalue weighted by molar-refractivity contribution is 5.31. The molecule has 0 aromatic rings. The first-order chi connectivity index (χ1) is 8.76. The molecule has 0 bridgehead atoms. The van der Waals surface area contributed by atoms with Crippen molar-refractivity contribution in [2.24, 2.45) is 11.8 Å². The zero-order chi connectivity index (χ0) is 14.6. The van der Waals surface area contributed by atoms with E-state index >= 15 is 0 Å². The molecule has 2 atom stereocenters. The molecule has 0 aromatic carbocycles. The third-order valence-corrected chi connectivity index (χ3v) is 2.30. The SMILES string of the molecule is CC.CC.CCC.COC1=CC2CC2C=C1OC. The molecule has 0 aromatic heterocycles. The first kappa shape index (κ1) is 19.4. The summed E-state index contributed by atoms with van der Waals surface area (Å²) in [5.41, 5.74) is 0. The van der Waals surface area contributed by atoms with Gasteiger partial charge in [-0.25, -0.2) is 0 Å². The van der Waals surface area contributed by atoms with Gasteiger partial charge in [-0.05, 0) is 30.4 Å². The Hall–Kier alpha value is -0.920. The van der Waals surface area contributed by atoms with Crippen molar-refractivity contribution in [1.82, 2.24) is 0 Å². The normalized spacial score (nSPS) is 22.0. The lowest BCUT2D eigenvalue weighted by atomic mass is 10.1. The van der Waals surface area contributed by atoms with Gasteiger partial charge in [-0.15, -0.1) is 0 Å². The summed E-state index contributed by atoms with van der Waals surface area (Å²) in [6.45, 7) is 12.2.